The molecule has 0 saturated carbocycles. The number of carbonyl (C=O) groups is 2. The van der Waals surface area contributed by atoms with E-state index in [1.54, 1.807) is 17.2 Å². The minimum atomic E-state index is -0.540. The summed E-state index contributed by atoms with van der Waals surface area (Å²) in [7, 11) is 0. The van der Waals surface area contributed by atoms with E-state index in [1.165, 1.54) is 0 Å². The van der Waals surface area contributed by atoms with Crippen LogP contribution < -0.4 is 5.32 Å². The van der Waals surface area contributed by atoms with Gasteiger partial charge in [-0.2, -0.15) is 5.10 Å². The fourth-order valence-electron chi connectivity index (χ4n) is 3.13. The normalized spacial score (nSPS) is 15.0. The van der Waals surface area contributed by atoms with Gasteiger partial charge < -0.3 is 10.2 Å². The summed E-state index contributed by atoms with van der Waals surface area (Å²) in [4.78, 5) is 27.3. The van der Waals surface area contributed by atoms with Crippen molar-refractivity contribution < 1.29 is 9.59 Å². The Hall–Kier alpha value is -2.63. The summed E-state index contributed by atoms with van der Waals surface area (Å²) in [5, 5.41) is 9.93. The number of fused-ring (bicyclic) bond motifs is 1. The number of nitrogens with one attached hydrogen (secondary N) is 2. The molecule has 1 aliphatic rings. The zero-order valence-corrected chi connectivity index (χ0v) is 14.9. The number of benzene rings is 1. The number of H-pyrrole nitrogens is 1. The second-order valence-corrected chi connectivity index (χ2v) is 6.95. The summed E-state index contributed by atoms with van der Waals surface area (Å²) < 4.78 is 0. The Bertz CT molecular complexity index is 781. The fourth-order valence-corrected chi connectivity index (χ4v) is 3.13. The molecule has 3 rings (SSSR count). The van der Waals surface area contributed by atoms with E-state index in [9.17, 15) is 9.59 Å². The second kappa shape index (κ2) is 7.09. The minimum Gasteiger partial charge on any atom is -0.340 e. The number of nitrogens with zero attached hydrogens (tertiary/aromatic N) is 2. The molecular weight excluding hydrogens is 316 g/mol. The van der Waals surface area contributed by atoms with Crippen molar-refractivity contribution in [1.29, 1.82) is 0 Å². The minimum absolute atomic E-state index is 0.00649. The number of aromatic nitrogens is 2. The van der Waals surface area contributed by atoms with Crippen LogP contribution in [0.1, 0.15) is 41.0 Å². The molecule has 2 aromatic rings. The summed E-state index contributed by atoms with van der Waals surface area (Å²) in [5.41, 5.74) is 3.74. The first kappa shape index (κ1) is 17.2. The molecule has 6 nitrogen and oxygen atoms in total. The molecule has 0 radical (unpaired) electrons. The maximum atomic E-state index is 13.0. The molecule has 2 N–H and O–H groups in total. The van der Waals surface area contributed by atoms with Crippen molar-refractivity contribution in [1.82, 2.24) is 20.4 Å². The lowest BCUT2D eigenvalue weighted by Crippen LogP contribution is -2.52. The number of carbonyl (C=O) groups excluding carboxylic acids is 2. The van der Waals surface area contributed by atoms with Crippen LogP contribution in [0.5, 0.6) is 0 Å². The number of hydrogen-bond acceptors (Lipinski definition) is 3. The molecule has 1 atom stereocenters. The Morgan fingerprint density at radius 2 is 2.12 bits per heavy atom. The maximum Gasteiger partial charge on any atom is 0.251 e. The van der Waals surface area contributed by atoms with Gasteiger partial charge >= 0.3 is 0 Å². The SMILES string of the molecule is Cc1cccc(C(=O)NC(C(=O)N2CCc3[nH]ncc3C2)C(C)C)c1. The topological polar surface area (TPSA) is 78.1 Å². The van der Waals surface area contributed by atoms with Gasteiger partial charge in [0.25, 0.3) is 5.91 Å². The Morgan fingerprint density at radius 1 is 1.32 bits per heavy atom. The monoisotopic (exact) mass is 340 g/mol. The van der Waals surface area contributed by atoms with Crippen LogP contribution in [-0.4, -0.2) is 39.5 Å². The van der Waals surface area contributed by atoms with E-state index >= 15 is 0 Å². The van der Waals surface area contributed by atoms with Crippen LogP contribution in [0.3, 0.4) is 0 Å². The molecule has 0 spiro atoms. The first-order chi connectivity index (χ1) is 12.0. The summed E-state index contributed by atoms with van der Waals surface area (Å²) in [5.74, 6) is -0.244. The summed E-state index contributed by atoms with van der Waals surface area (Å²) in [6.45, 7) is 7.02. The van der Waals surface area contributed by atoms with Gasteiger partial charge in [-0.05, 0) is 25.0 Å². The molecule has 1 aromatic carbocycles. The largest absolute Gasteiger partial charge is 0.340 e. The van der Waals surface area contributed by atoms with E-state index in [0.29, 0.717) is 18.7 Å². The van der Waals surface area contributed by atoms with Crippen molar-refractivity contribution in [2.45, 2.75) is 39.8 Å². The summed E-state index contributed by atoms with van der Waals surface area (Å²) >= 11 is 0. The Labute approximate surface area is 147 Å². The quantitative estimate of drug-likeness (QED) is 0.894. The molecule has 0 fully saturated rings. The third-order valence-electron chi connectivity index (χ3n) is 4.61. The first-order valence-electron chi connectivity index (χ1n) is 8.63. The highest BCUT2D eigenvalue weighted by atomic mass is 16.2. The molecule has 0 saturated heterocycles. The summed E-state index contributed by atoms with van der Waals surface area (Å²) in [6.07, 6.45) is 2.53. The Kier molecular flexibility index (Phi) is 4.88. The van der Waals surface area contributed by atoms with Crippen LogP contribution in [0.15, 0.2) is 30.5 Å². The number of aromatic amines is 1. The number of aryl methyl sites for hydroxylation is 1. The predicted molar refractivity (Wildman–Crippen MR) is 95.0 cm³/mol. The van der Waals surface area contributed by atoms with Gasteiger partial charge in [-0.3, -0.25) is 14.7 Å². The highest BCUT2D eigenvalue weighted by Gasteiger charge is 2.31. The number of rotatable bonds is 4. The van der Waals surface area contributed by atoms with Crippen LogP contribution in [0, 0.1) is 12.8 Å². The van der Waals surface area contributed by atoms with Gasteiger partial charge in [-0.25, -0.2) is 0 Å². The molecule has 2 heterocycles. The molecule has 0 aliphatic carbocycles. The Balaban J connectivity index is 1.73. The highest BCUT2D eigenvalue weighted by molar-refractivity contribution is 5.97. The van der Waals surface area contributed by atoms with E-state index in [4.69, 9.17) is 0 Å². The molecule has 6 heteroatoms. The standard InChI is InChI=1S/C19H24N4O2/c1-12(2)17(21-18(24)14-6-4-5-13(3)9-14)19(25)23-8-7-16-15(11-23)10-20-22-16/h4-6,9-10,12,17H,7-8,11H2,1-3H3,(H,20,22)(H,21,24). The Morgan fingerprint density at radius 3 is 2.84 bits per heavy atom. The van der Waals surface area contributed by atoms with E-state index in [0.717, 1.165) is 23.2 Å². The zero-order chi connectivity index (χ0) is 18.0. The van der Waals surface area contributed by atoms with Gasteiger partial charge in [-0.1, -0.05) is 31.5 Å². The van der Waals surface area contributed by atoms with Gasteiger partial charge in [0.05, 0.1) is 6.20 Å². The van der Waals surface area contributed by atoms with Crippen LogP contribution in [0.4, 0.5) is 0 Å². The van der Waals surface area contributed by atoms with Crippen molar-refractivity contribution in [3.8, 4) is 0 Å². The van der Waals surface area contributed by atoms with Crippen molar-refractivity contribution in [3.63, 3.8) is 0 Å². The van der Waals surface area contributed by atoms with Crippen molar-refractivity contribution >= 4 is 11.8 Å². The van der Waals surface area contributed by atoms with Gasteiger partial charge in [0.2, 0.25) is 5.91 Å². The van der Waals surface area contributed by atoms with Gasteiger partial charge in [-0.15, -0.1) is 0 Å². The molecule has 0 bridgehead atoms. The van der Waals surface area contributed by atoms with E-state index in [-0.39, 0.29) is 17.7 Å². The molecule has 132 valence electrons. The lowest BCUT2D eigenvalue weighted by Gasteiger charge is -2.32. The van der Waals surface area contributed by atoms with Crippen molar-refractivity contribution in [3.05, 3.63) is 52.8 Å². The molecule has 25 heavy (non-hydrogen) atoms. The van der Waals surface area contributed by atoms with Crippen LogP contribution in [0.2, 0.25) is 0 Å². The van der Waals surface area contributed by atoms with Crippen LogP contribution >= 0.6 is 0 Å². The maximum absolute atomic E-state index is 13.0. The third kappa shape index (κ3) is 3.73. The smallest absolute Gasteiger partial charge is 0.251 e. The lowest BCUT2D eigenvalue weighted by molar-refractivity contribution is -0.135. The lowest BCUT2D eigenvalue weighted by atomic mass is 10.00. The number of hydrogen-bond donors (Lipinski definition) is 2. The van der Waals surface area contributed by atoms with E-state index in [2.05, 4.69) is 15.5 Å². The average molecular weight is 340 g/mol. The average Bonchev–Trinajstić information content (AvgIpc) is 3.06. The second-order valence-electron chi connectivity index (χ2n) is 6.95. The summed E-state index contributed by atoms with van der Waals surface area (Å²) in [6, 6.07) is 6.85. The third-order valence-corrected chi connectivity index (χ3v) is 4.61. The number of amides is 2. The van der Waals surface area contributed by atoms with Gasteiger partial charge in [0, 0.05) is 36.3 Å². The molecule has 1 aliphatic heterocycles. The van der Waals surface area contributed by atoms with Crippen molar-refractivity contribution in [2.24, 2.45) is 5.92 Å². The first-order valence-corrected chi connectivity index (χ1v) is 8.63. The predicted octanol–water partition coefficient (Wildman–Crippen LogP) is 2.06. The molecule has 1 aromatic heterocycles. The molecule has 1 unspecified atom stereocenters. The molecular formula is C19H24N4O2. The van der Waals surface area contributed by atoms with Crippen LogP contribution in [0.25, 0.3) is 0 Å². The highest BCUT2D eigenvalue weighted by Crippen LogP contribution is 2.18. The van der Waals surface area contributed by atoms with Gasteiger partial charge in [0.15, 0.2) is 0 Å². The van der Waals surface area contributed by atoms with Gasteiger partial charge in [0.1, 0.15) is 6.04 Å². The zero-order valence-electron chi connectivity index (χ0n) is 14.9. The van der Waals surface area contributed by atoms with Crippen molar-refractivity contribution in [2.75, 3.05) is 6.54 Å². The van der Waals surface area contributed by atoms with E-state index in [1.807, 2.05) is 39.0 Å². The fraction of sp³-hybridized carbons (Fsp3) is 0.421. The van der Waals surface area contributed by atoms with E-state index < -0.39 is 6.04 Å². The molecule has 2 amide bonds. The van der Waals surface area contributed by atoms with Crippen LogP contribution in [-0.2, 0) is 17.8 Å².